The highest BCUT2D eigenvalue weighted by Gasteiger charge is 2.15. The third-order valence-corrected chi connectivity index (χ3v) is 4.27. The molecule has 1 N–H and O–H groups in total. The fraction of sp³-hybridized carbons (Fsp3) is 0.333. The van der Waals surface area contributed by atoms with Crippen LogP contribution >= 0.6 is 23.2 Å². The van der Waals surface area contributed by atoms with E-state index < -0.39 is 0 Å². The minimum atomic E-state index is 0.597. The minimum absolute atomic E-state index is 0.597. The summed E-state index contributed by atoms with van der Waals surface area (Å²) in [4.78, 5) is 0. The average molecular weight is 370 g/mol. The standard InChI is InChI=1S/C18H21Cl2NO3/c1-22-16-7-5-13(17(23-2)18(16)24-3)11-21-9-8-12-4-6-14(19)10-15(12)20/h4-7,10,21H,8-9,11H2,1-3H3. The number of halogens is 2. The lowest BCUT2D eigenvalue weighted by Crippen LogP contribution is -2.17. The summed E-state index contributed by atoms with van der Waals surface area (Å²) < 4.78 is 16.2. The highest BCUT2D eigenvalue weighted by Crippen LogP contribution is 2.39. The van der Waals surface area contributed by atoms with Crippen LogP contribution in [-0.4, -0.2) is 27.9 Å². The summed E-state index contributed by atoms with van der Waals surface area (Å²) in [5.74, 6) is 1.92. The normalized spacial score (nSPS) is 10.5. The van der Waals surface area contributed by atoms with Gasteiger partial charge in [-0.3, -0.25) is 0 Å². The van der Waals surface area contributed by atoms with Crippen LogP contribution in [-0.2, 0) is 13.0 Å². The van der Waals surface area contributed by atoms with Crippen molar-refractivity contribution >= 4 is 23.2 Å². The van der Waals surface area contributed by atoms with Crippen molar-refractivity contribution in [3.05, 3.63) is 51.5 Å². The highest BCUT2D eigenvalue weighted by molar-refractivity contribution is 6.35. The Labute approximate surface area is 152 Å². The zero-order valence-electron chi connectivity index (χ0n) is 14.0. The number of nitrogens with one attached hydrogen (secondary N) is 1. The Balaban J connectivity index is 1.99. The fourth-order valence-corrected chi connectivity index (χ4v) is 2.98. The van der Waals surface area contributed by atoms with E-state index in [2.05, 4.69) is 5.32 Å². The molecular weight excluding hydrogens is 349 g/mol. The number of benzene rings is 2. The van der Waals surface area contributed by atoms with Crippen molar-refractivity contribution in [1.29, 1.82) is 0 Å². The Morgan fingerprint density at radius 1 is 0.875 bits per heavy atom. The van der Waals surface area contributed by atoms with E-state index in [-0.39, 0.29) is 0 Å². The summed E-state index contributed by atoms with van der Waals surface area (Å²) in [7, 11) is 4.82. The zero-order valence-corrected chi connectivity index (χ0v) is 15.5. The quantitative estimate of drug-likeness (QED) is 0.702. The Hall–Kier alpha value is -1.62. The van der Waals surface area contributed by atoms with Gasteiger partial charge in [-0.15, -0.1) is 0 Å². The van der Waals surface area contributed by atoms with Crippen LogP contribution < -0.4 is 19.5 Å². The zero-order chi connectivity index (χ0) is 17.5. The molecule has 130 valence electrons. The van der Waals surface area contributed by atoms with Crippen molar-refractivity contribution in [2.45, 2.75) is 13.0 Å². The predicted molar refractivity (Wildman–Crippen MR) is 98.0 cm³/mol. The molecule has 2 aromatic carbocycles. The van der Waals surface area contributed by atoms with Gasteiger partial charge in [-0.1, -0.05) is 35.3 Å². The number of hydrogen-bond donors (Lipinski definition) is 1. The fourth-order valence-electron chi connectivity index (χ4n) is 2.47. The van der Waals surface area contributed by atoms with Crippen LogP contribution in [0.3, 0.4) is 0 Å². The third-order valence-electron chi connectivity index (χ3n) is 3.69. The molecule has 0 aliphatic heterocycles. The smallest absolute Gasteiger partial charge is 0.203 e. The van der Waals surface area contributed by atoms with Crippen LogP contribution in [0.15, 0.2) is 30.3 Å². The van der Waals surface area contributed by atoms with Crippen LogP contribution in [0.25, 0.3) is 0 Å². The lowest BCUT2D eigenvalue weighted by molar-refractivity contribution is 0.321. The molecule has 0 heterocycles. The molecule has 0 unspecified atom stereocenters. The van der Waals surface area contributed by atoms with Gasteiger partial charge >= 0.3 is 0 Å². The second kappa shape index (κ2) is 9.02. The lowest BCUT2D eigenvalue weighted by atomic mass is 10.1. The monoisotopic (exact) mass is 369 g/mol. The summed E-state index contributed by atoms with van der Waals surface area (Å²) >= 11 is 12.1. The molecule has 0 radical (unpaired) electrons. The molecule has 0 saturated carbocycles. The van der Waals surface area contributed by atoms with Crippen LogP contribution in [0.4, 0.5) is 0 Å². The van der Waals surface area contributed by atoms with Crippen molar-refractivity contribution in [2.75, 3.05) is 27.9 Å². The third kappa shape index (κ3) is 4.47. The Kier molecular flexibility index (Phi) is 7.03. The maximum atomic E-state index is 6.18. The van der Waals surface area contributed by atoms with Gasteiger partial charge < -0.3 is 19.5 Å². The van der Waals surface area contributed by atoms with E-state index in [1.54, 1.807) is 27.4 Å². The first kappa shape index (κ1) is 18.7. The predicted octanol–water partition coefficient (Wildman–Crippen LogP) is 4.35. The van der Waals surface area contributed by atoms with Gasteiger partial charge in [0.1, 0.15) is 0 Å². The van der Waals surface area contributed by atoms with E-state index in [1.165, 1.54) is 0 Å². The first-order valence-electron chi connectivity index (χ1n) is 7.53. The van der Waals surface area contributed by atoms with Crippen LogP contribution in [0.2, 0.25) is 10.0 Å². The van der Waals surface area contributed by atoms with E-state index in [0.29, 0.717) is 33.8 Å². The maximum absolute atomic E-state index is 6.18. The Bertz CT molecular complexity index is 692. The van der Waals surface area contributed by atoms with E-state index in [9.17, 15) is 0 Å². The molecular formula is C18H21Cl2NO3. The lowest BCUT2D eigenvalue weighted by Gasteiger charge is -2.16. The minimum Gasteiger partial charge on any atom is -0.493 e. The molecule has 6 heteroatoms. The molecule has 2 aromatic rings. The van der Waals surface area contributed by atoms with Crippen LogP contribution in [0.1, 0.15) is 11.1 Å². The van der Waals surface area contributed by atoms with E-state index >= 15 is 0 Å². The van der Waals surface area contributed by atoms with Gasteiger partial charge in [0.05, 0.1) is 21.3 Å². The molecule has 0 fully saturated rings. The van der Waals surface area contributed by atoms with E-state index in [0.717, 1.165) is 24.1 Å². The van der Waals surface area contributed by atoms with Crippen LogP contribution in [0.5, 0.6) is 17.2 Å². The molecule has 24 heavy (non-hydrogen) atoms. The topological polar surface area (TPSA) is 39.7 Å². The van der Waals surface area contributed by atoms with Crippen molar-refractivity contribution in [3.63, 3.8) is 0 Å². The molecule has 0 aromatic heterocycles. The summed E-state index contributed by atoms with van der Waals surface area (Å²) in [6.07, 6.45) is 0.811. The van der Waals surface area contributed by atoms with Gasteiger partial charge in [-0.2, -0.15) is 0 Å². The number of hydrogen-bond acceptors (Lipinski definition) is 4. The van der Waals surface area contributed by atoms with Gasteiger partial charge in [-0.05, 0) is 36.7 Å². The van der Waals surface area contributed by atoms with Gasteiger partial charge in [0, 0.05) is 22.2 Å². The Morgan fingerprint density at radius 3 is 2.21 bits per heavy atom. The second-order valence-corrected chi connectivity index (χ2v) is 6.00. The molecule has 0 bridgehead atoms. The van der Waals surface area contributed by atoms with Crippen molar-refractivity contribution in [3.8, 4) is 17.2 Å². The summed E-state index contributed by atoms with van der Waals surface area (Å²) in [5, 5.41) is 4.72. The molecule has 0 aliphatic rings. The van der Waals surface area contributed by atoms with Gasteiger partial charge in [-0.25, -0.2) is 0 Å². The van der Waals surface area contributed by atoms with Crippen LogP contribution in [0, 0.1) is 0 Å². The molecule has 0 saturated heterocycles. The van der Waals surface area contributed by atoms with E-state index in [1.807, 2.05) is 24.3 Å². The van der Waals surface area contributed by atoms with Crippen molar-refractivity contribution < 1.29 is 14.2 Å². The van der Waals surface area contributed by atoms with Gasteiger partial charge in [0.25, 0.3) is 0 Å². The first-order valence-corrected chi connectivity index (χ1v) is 8.28. The number of methoxy groups -OCH3 is 3. The molecule has 0 amide bonds. The first-order chi connectivity index (χ1) is 11.6. The molecule has 0 aliphatic carbocycles. The molecule has 0 atom stereocenters. The summed E-state index contributed by atoms with van der Waals surface area (Å²) in [6, 6.07) is 9.39. The summed E-state index contributed by atoms with van der Waals surface area (Å²) in [5.41, 5.74) is 2.06. The number of rotatable bonds is 8. The van der Waals surface area contributed by atoms with Gasteiger partial charge in [0.15, 0.2) is 11.5 Å². The maximum Gasteiger partial charge on any atom is 0.203 e. The van der Waals surface area contributed by atoms with Crippen molar-refractivity contribution in [1.82, 2.24) is 5.32 Å². The average Bonchev–Trinajstić information content (AvgIpc) is 2.59. The summed E-state index contributed by atoms with van der Waals surface area (Å²) in [6.45, 7) is 1.42. The second-order valence-electron chi connectivity index (χ2n) is 5.16. The SMILES string of the molecule is COc1ccc(CNCCc2ccc(Cl)cc2Cl)c(OC)c1OC. The highest BCUT2D eigenvalue weighted by atomic mass is 35.5. The Morgan fingerprint density at radius 2 is 1.58 bits per heavy atom. The largest absolute Gasteiger partial charge is 0.493 e. The van der Waals surface area contributed by atoms with Crippen molar-refractivity contribution in [2.24, 2.45) is 0 Å². The number of ether oxygens (including phenoxy) is 3. The van der Waals surface area contributed by atoms with Gasteiger partial charge in [0.2, 0.25) is 5.75 Å². The van der Waals surface area contributed by atoms with E-state index in [4.69, 9.17) is 37.4 Å². The molecule has 2 rings (SSSR count). The molecule has 0 spiro atoms. The molecule has 4 nitrogen and oxygen atoms in total.